The molecule has 1 aromatic rings. The molecule has 1 aliphatic heterocycles. The minimum atomic E-state index is -0.0343. The second-order valence-corrected chi connectivity index (χ2v) is 4.79. The van der Waals surface area contributed by atoms with Gasteiger partial charge in [-0.15, -0.1) is 0 Å². The van der Waals surface area contributed by atoms with Gasteiger partial charge in [-0.1, -0.05) is 6.92 Å². The molecule has 0 saturated carbocycles. The number of H-pyrrole nitrogens is 1. The van der Waals surface area contributed by atoms with E-state index in [-0.39, 0.29) is 11.9 Å². The van der Waals surface area contributed by atoms with E-state index in [2.05, 4.69) is 21.2 Å². The van der Waals surface area contributed by atoms with Crippen LogP contribution in [0.1, 0.15) is 29.4 Å². The average molecular weight is 261 g/mol. The summed E-state index contributed by atoms with van der Waals surface area (Å²) in [7, 11) is 0. The Morgan fingerprint density at radius 2 is 2.21 bits per heavy atom. The number of aromatic nitrogens is 2. The van der Waals surface area contributed by atoms with Crippen LogP contribution in [0.15, 0.2) is 6.20 Å². The molecule has 1 fully saturated rings. The van der Waals surface area contributed by atoms with Crippen LogP contribution in [0.2, 0.25) is 0 Å². The van der Waals surface area contributed by atoms with E-state index in [9.17, 15) is 4.79 Å². The number of aryl methyl sites for hydroxylation is 1. The van der Waals surface area contributed by atoms with E-state index >= 15 is 0 Å². The SMILES string of the molecule is CCC(C#N)N1CCN(C(=O)c2cn[nH]c2C)CC1. The van der Waals surface area contributed by atoms with Gasteiger partial charge in [0.25, 0.3) is 5.91 Å². The summed E-state index contributed by atoms with van der Waals surface area (Å²) in [6, 6.07) is 2.28. The molecular weight excluding hydrogens is 242 g/mol. The molecule has 0 aromatic carbocycles. The maximum atomic E-state index is 12.3. The summed E-state index contributed by atoms with van der Waals surface area (Å²) in [6.07, 6.45) is 2.40. The van der Waals surface area contributed by atoms with E-state index in [1.165, 1.54) is 0 Å². The Morgan fingerprint density at radius 1 is 1.53 bits per heavy atom. The number of amides is 1. The van der Waals surface area contributed by atoms with Crippen molar-refractivity contribution in [3.8, 4) is 6.07 Å². The van der Waals surface area contributed by atoms with Crippen molar-refractivity contribution < 1.29 is 4.79 Å². The van der Waals surface area contributed by atoms with E-state index < -0.39 is 0 Å². The average Bonchev–Trinajstić information content (AvgIpc) is 2.86. The molecule has 2 heterocycles. The van der Waals surface area contributed by atoms with Gasteiger partial charge in [0, 0.05) is 31.9 Å². The molecule has 1 N–H and O–H groups in total. The maximum absolute atomic E-state index is 12.3. The summed E-state index contributed by atoms with van der Waals surface area (Å²) in [5.74, 6) is 0.0240. The predicted molar refractivity (Wildman–Crippen MR) is 70.5 cm³/mol. The maximum Gasteiger partial charge on any atom is 0.257 e. The van der Waals surface area contributed by atoms with Crippen LogP contribution in [0.3, 0.4) is 0 Å². The molecule has 1 saturated heterocycles. The Balaban J connectivity index is 1.96. The number of nitrogens with zero attached hydrogens (tertiary/aromatic N) is 4. The third kappa shape index (κ3) is 2.76. The number of aromatic amines is 1. The molecule has 0 bridgehead atoms. The van der Waals surface area contributed by atoms with E-state index in [1.807, 2.05) is 18.7 Å². The number of hydrogen-bond donors (Lipinski definition) is 1. The highest BCUT2D eigenvalue weighted by molar-refractivity contribution is 5.95. The van der Waals surface area contributed by atoms with E-state index in [1.54, 1.807) is 6.20 Å². The molecule has 1 atom stereocenters. The zero-order valence-electron chi connectivity index (χ0n) is 11.4. The third-order valence-electron chi connectivity index (χ3n) is 3.64. The molecule has 0 aliphatic carbocycles. The van der Waals surface area contributed by atoms with Crippen LogP contribution in [-0.2, 0) is 0 Å². The number of hydrogen-bond acceptors (Lipinski definition) is 4. The number of nitriles is 1. The lowest BCUT2D eigenvalue weighted by molar-refractivity contribution is 0.0604. The molecule has 1 amide bonds. The molecule has 0 spiro atoms. The van der Waals surface area contributed by atoms with E-state index in [4.69, 9.17) is 5.26 Å². The van der Waals surface area contributed by atoms with Gasteiger partial charge in [-0.25, -0.2) is 0 Å². The van der Waals surface area contributed by atoms with Gasteiger partial charge in [0.2, 0.25) is 0 Å². The van der Waals surface area contributed by atoms with Gasteiger partial charge < -0.3 is 4.90 Å². The highest BCUT2D eigenvalue weighted by atomic mass is 16.2. The van der Waals surface area contributed by atoms with Gasteiger partial charge in [-0.2, -0.15) is 10.4 Å². The van der Waals surface area contributed by atoms with E-state index in [0.717, 1.165) is 25.2 Å². The monoisotopic (exact) mass is 261 g/mol. The molecule has 0 radical (unpaired) electrons. The number of rotatable bonds is 3. The zero-order valence-corrected chi connectivity index (χ0v) is 11.4. The smallest absolute Gasteiger partial charge is 0.257 e. The van der Waals surface area contributed by atoms with Crippen LogP contribution in [0.4, 0.5) is 0 Å². The highest BCUT2D eigenvalue weighted by Gasteiger charge is 2.26. The molecule has 19 heavy (non-hydrogen) atoms. The first-order valence-corrected chi connectivity index (χ1v) is 6.60. The van der Waals surface area contributed by atoms with Crippen molar-refractivity contribution in [2.45, 2.75) is 26.3 Å². The lowest BCUT2D eigenvalue weighted by atomic mass is 10.1. The van der Waals surface area contributed by atoms with Crippen molar-refractivity contribution in [3.05, 3.63) is 17.5 Å². The largest absolute Gasteiger partial charge is 0.336 e. The number of carbonyl (C=O) groups excluding carboxylic acids is 1. The summed E-state index contributed by atoms with van der Waals surface area (Å²) in [5.41, 5.74) is 1.44. The molecule has 1 aliphatic rings. The van der Waals surface area contributed by atoms with Crippen LogP contribution in [-0.4, -0.2) is 58.1 Å². The zero-order chi connectivity index (χ0) is 13.8. The van der Waals surface area contributed by atoms with Gasteiger partial charge in [0.15, 0.2) is 0 Å². The number of carbonyl (C=O) groups is 1. The van der Waals surface area contributed by atoms with E-state index in [0.29, 0.717) is 18.7 Å². The summed E-state index contributed by atoms with van der Waals surface area (Å²) in [6.45, 7) is 6.71. The first kappa shape index (κ1) is 13.6. The quantitative estimate of drug-likeness (QED) is 0.872. The molecule has 6 nitrogen and oxygen atoms in total. The van der Waals surface area contributed by atoms with Gasteiger partial charge in [-0.05, 0) is 13.3 Å². The first-order chi connectivity index (χ1) is 9.17. The fraction of sp³-hybridized carbons (Fsp3) is 0.615. The second-order valence-electron chi connectivity index (χ2n) is 4.79. The molecule has 1 aromatic heterocycles. The van der Waals surface area contributed by atoms with Crippen molar-refractivity contribution in [2.24, 2.45) is 0 Å². The highest BCUT2D eigenvalue weighted by Crippen LogP contribution is 2.13. The standard InChI is InChI=1S/C13H19N5O/c1-3-11(8-14)17-4-6-18(7-5-17)13(19)12-9-15-16-10(12)2/h9,11H,3-7H2,1-2H3,(H,15,16). The van der Waals surface area contributed by atoms with Crippen LogP contribution in [0, 0.1) is 18.3 Å². The molecule has 1 unspecified atom stereocenters. The van der Waals surface area contributed by atoms with Gasteiger partial charge in [0.1, 0.15) is 0 Å². The van der Waals surface area contributed by atoms with Gasteiger partial charge in [-0.3, -0.25) is 14.8 Å². The minimum Gasteiger partial charge on any atom is -0.336 e. The van der Waals surface area contributed by atoms with Gasteiger partial charge >= 0.3 is 0 Å². The lowest BCUT2D eigenvalue weighted by Crippen LogP contribution is -2.51. The minimum absolute atomic E-state index is 0.0240. The Morgan fingerprint density at radius 3 is 2.68 bits per heavy atom. The number of piperazine rings is 1. The fourth-order valence-corrected chi connectivity index (χ4v) is 2.40. The number of nitrogens with one attached hydrogen (secondary N) is 1. The summed E-state index contributed by atoms with van der Waals surface area (Å²) >= 11 is 0. The van der Waals surface area contributed by atoms with Crippen LogP contribution >= 0.6 is 0 Å². The summed E-state index contributed by atoms with van der Waals surface area (Å²) < 4.78 is 0. The van der Waals surface area contributed by atoms with Crippen LogP contribution in [0.25, 0.3) is 0 Å². The summed E-state index contributed by atoms with van der Waals surface area (Å²) in [4.78, 5) is 16.3. The van der Waals surface area contributed by atoms with Crippen molar-refractivity contribution in [1.29, 1.82) is 5.26 Å². The van der Waals surface area contributed by atoms with Crippen molar-refractivity contribution >= 4 is 5.91 Å². The molecule has 2 rings (SSSR count). The normalized spacial score (nSPS) is 18.1. The molecule has 102 valence electrons. The fourth-order valence-electron chi connectivity index (χ4n) is 2.40. The Bertz CT molecular complexity index is 481. The van der Waals surface area contributed by atoms with Crippen LogP contribution in [0.5, 0.6) is 0 Å². The Hall–Kier alpha value is -1.87. The second kappa shape index (κ2) is 5.85. The lowest BCUT2D eigenvalue weighted by Gasteiger charge is -2.36. The van der Waals surface area contributed by atoms with Crippen molar-refractivity contribution in [1.82, 2.24) is 20.0 Å². The van der Waals surface area contributed by atoms with Crippen LogP contribution < -0.4 is 0 Å². The topological polar surface area (TPSA) is 76.0 Å². The first-order valence-electron chi connectivity index (χ1n) is 6.60. The predicted octanol–water partition coefficient (Wildman–Crippen LogP) is 0.778. The Labute approximate surface area is 113 Å². The third-order valence-corrected chi connectivity index (χ3v) is 3.64. The van der Waals surface area contributed by atoms with Crippen molar-refractivity contribution in [2.75, 3.05) is 26.2 Å². The molecular formula is C13H19N5O. The molecule has 6 heteroatoms. The summed E-state index contributed by atoms with van der Waals surface area (Å²) in [5, 5.41) is 15.7. The van der Waals surface area contributed by atoms with Crippen molar-refractivity contribution in [3.63, 3.8) is 0 Å². The van der Waals surface area contributed by atoms with Gasteiger partial charge in [0.05, 0.1) is 23.9 Å². The Kier molecular flexibility index (Phi) is 4.17.